The molecule has 7 heteroatoms. The molecule has 20 heavy (non-hydrogen) atoms. The van der Waals surface area contributed by atoms with Crippen LogP contribution < -0.4 is 0 Å². The summed E-state index contributed by atoms with van der Waals surface area (Å²) in [7, 11) is 0. The minimum atomic E-state index is -1.60. The van der Waals surface area contributed by atoms with E-state index in [0.717, 1.165) is 18.2 Å². The van der Waals surface area contributed by atoms with Crippen molar-refractivity contribution in [1.29, 1.82) is 0 Å². The van der Waals surface area contributed by atoms with Crippen molar-refractivity contribution in [2.75, 3.05) is 0 Å². The fraction of sp³-hybridized carbons (Fsp3) is 0.0769. The third kappa shape index (κ3) is 2.87. The zero-order valence-corrected chi connectivity index (χ0v) is 13.5. The molecule has 1 atom stereocenters. The molecule has 0 aromatic heterocycles. The highest BCUT2D eigenvalue weighted by molar-refractivity contribution is 9.10. The second-order valence-corrected chi connectivity index (χ2v) is 6.09. The number of rotatable bonds is 2. The monoisotopic (exact) mass is 430 g/mol. The maximum atomic E-state index is 13.9. The Morgan fingerprint density at radius 1 is 0.900 bits per heavy atom. The molecule has 0 saturated heterocycles. The van der Waals surface area contributed by atoms with Crippen molar-refractivity contribution in [2.45, 2.75) is 4.83 Å². The highest BCUT2D eigenvalue weighted by Gasteiger charge is 2.23. The Hall–Kier alpha value is -0.590. The molecular weight excluding hydrogens is 427 g/mol. The number of halogens is 7. The quantitative estimate of drug-likeness (QED) is 0.231. The van der Waals surface area contributed by atoms with E-state index in [0.29, 0.717) is 4.47 Å². The van der Waals surface area contributed by atoms with Gasteiger partial charge in [0.05, 0.1) is 9.85 Å². The molecule has 0 aliphatic rings. The molecule has 2 aromatic rings. The predicted molar refractivity (Wildman–Crippen MR) is 76.2 cm³/mol. The van der Waals surface area contributed by atoms with Crippen LogP contribution in [0.15, 0.2) is 28.7 Å². The van der Waals surface area contributed by atoms with Crippen LogP contribution in [0.2, 0.25) is 5.02 Å². The third-order valence-electron chi connectivity index (χ3n) is 2.65. The SMILES string of the molecule is Fc1cc(Br)c(Cl)cc1C(Br)c1ccc(F)c(F)c1F. The summed E-state index contributed by atoms with van der Waals surface area (Å²) in [6.07, 6.45) is 0. The van der Waals surface area contributed by atoms with Gasteiger partial charge in [0.1, 0.15) is 5.82 Å². The summed E-state index contributed by atoms with van der Waals surface area (Å²) in [6, 6.07) is 4.22. The summed E-state index contributed by atoms with van der Waals surface area (Å²) < 4.78 is 54.0. The van der Waals surface area contributed by atoms with Crippen LogP contribution in [0.5, 0.6) is 0 Å². The lowest BCUT2D eigenvalue weighted by Crippen LogP contribution is -2.03. The molecule has 0 aliphatic carbocycles. The van der Waals surface area contributed by atoms with Gasteiger partial charge in [-0.1, -0.05) is 33.6 Å². The lowest BCUT2D eigenvalue weighted by Gasteiger charge is -2.14. The van der Waals surface area contributed by atoms with Gasteiger partial charge in [-0.05, 0) is 34.1 Å². The minimum absolute atomic E-state index is 0.0168. The zero-order valence-electron chi connectivity index (χ0n) is 9.53. The lowest BCUT2D eigenvalue weighted by molar-refractivity contribution is 0.441. The Bertz CT molecular complexity index is 674. The molecule has 2 rings (SSSR count). The van der Waals surface area contributed by atoms with Gasteiger partial charge in [-0.25, -0.2) is 17.6 Å². The van der Waals surface area contributed by atoms with E-state index in [1.807, 2.05) is 0 Å². The average Bonchev–Trinajstić information content (AvgIpc) is 2.40. The lowest BCUT2D eigenvalue weighted by atomic mass is 10.0. The maximum absolute atomic E-state index is 13.9. The second kappa shape index (κ2) is 6.03. The van der Waals surface area contributed by atoms with Gasteiger partial charge in [0.2, 0.25) is 0 Å². The molecule has 0 N–H and O–H groups in total. The van der Waals surface area contributed by atoms with Crippen LogP contribution in [0.4, 0.5) is 17.6 Å². The molecule has 0 spiro atoms. The number of hydrogen-bond acceptors (Lipinski definition) is 0. The summed E-state index contributed by atoms with van der Waals surface area (Å²) in [4.78, 5) is -0.997. The van der Waals surface area contributed by atoms with Crippen LogP contribution in [-0.2, 0) is 0 Å². The van der Waals surface area contributed by atoms with Crippen LogP contribution >= 0.6 is 43.5 Å². The van der Waals surface area contributed by atoms with E-state index in [9.17, 15) is 17.6 Å². The van der Waals surface area contributed by atoms with Crippen molar-refractivity contribution >= 4 is 43.5 Å². The number of hydrogen-bond donors (Lipinski definition) is 0. The molecular formula is C13H5Br2ClF4. The molecule has 0 radical (unpaired) electrons. The van der Waals surface area contributed by atoms with E-state index in [4.69, 9.17) is 11.6 Å². The topological polar surface area (TPSA) is 0 Å². The first-order valence-electron chi connectivity index (χ1n) is 5.24. The highest BCUT2D eigenvalue weighted by atomic mass is 79.9. The van der Waals surface area contributed by atoms with Crippen molar-refractivity contribution in [1.82, 2.24) is 0 Å². The largest absolute Gasteiger partial charge is 0.207 e. The Morgan fingerprint density at radius 2 is 1.55 bits per heavy atom. The van der Waals surface area contributed by atoms with Gasteiger partial charge in [0, 0.05) is 15.6 Å². The van der Waals surface area contributed by atoms with Crippen LogP contribution in [0.25, 0.3) is 0 Å². The molecule has 2 aromatic carbocycles. The summed E-state index contributed by atoms with van der Waals surface area (Å²) in [5.74, 6) is -4.94. The summed E-state index contributed by atoms with van der Waals surface area (Å²) in [5.41, 5.74) is -0.204. The van der Waals surface area contributed by atoms with E-state index in [1.165, 1.54) is 6.07 Å². The summed E-state index contributed by atoms with van der Waals surface area (Å²) >= 11 is 12.0. The van der Waals surface area contributed by atoms with Crippen LogP contribution in [0.3, 0.4) is 0 Å². The van der Waals surface area contributed by atoms with Crippen molar-refractivity contribution in [3.05, 3.63) is 68.2 Å². The van der Waals surface area contributed by atoms with Gasteiger partial charge in [-0.3, -0.25) is 0 Å². The second-order valence-electron chi connectivity index (χ2n) is 3.91. The first-order chi connectivity index (χ1) is 9.32. The van der Waals surface area contributed by atoms with Crippen molar-refractivity contribution in [3.8, 4) is 0 Å². The first-order valence-corrected chi connectivity index (χ1v) is 7.33. The van der Waals surface area contributed by atoms with E-state index in [1.54, 1.807) is 0 Å². The van der Waals surface area contributed by atoms with E-state index in [2.05, 4.69) is 31.9 Å². The van der Waals surface area contributed by atoms with Gasteiger partial charge in [0.15, 0.2) is 17.5 Å². The van der Waals surface area contributed by atoms with Gasteiger partial charge in [-0.2, -0.15) is 0 Å². The van der Waals surface area contributed by atoms with E-state index < -0.39 is 28.1 Å². The van der Waals surface area contributed by atoms with Gasteiger partial charge in [0.25, 0.3) is 0 Å². The molecule has 0 amide bonds. The standard InChI is InChI=1S/C13H5Br2ClF4/c14-7-4-10(18)6(3-8(7)16)11(15)5-1-2-9(17)13(20)12(5)19/h1-4,11H. The molecule has 0 saturated carbocycles. The van der Waals surface area contributed by atoms with Crippen molar-refractivity contribution < 1.29 is 17.6 Å². The molecule has 0 bridgehead atoms. The Labute approximate surface area is 134 Å². The molecule has 0 nitrogen and oxygen atoms in total. The fourth-order valence-corrected chi connectivity index (χ4v) is 2.83. The smallest absolute Gasteiger partial charge is 0.194 e. The molecule has 1 unspecified atom stereocenters. The first kappa shape index (κ1) is 15.8. The zero-order chi connectivity index (χ0) is 15.0. The van der Waals surface area contributed by atoms with Gasteiger partial charge in [-0.15, -0.1) is 0 Å². The van der Waals surface area contributed by atoms with Crippen molar-refractivity contribution in [3.63, 3.8) is 0 Å². The van der Waals surface area contributed by atoms with Crippen LogP contribution in [0.1, 0.15) is 16.0 Å². The summed E-state index contributed by atoms with van der Waals surface area (Å²) in [6.45, 7) is 0. The predicted octanol–water partition coefficient (Wildman–Crippen LogP) is 6.14. The number of benzene rings is 2. The fourth-order valence-electron chi connectivity index (χ4n) is 1.64. The molecule has 0 aliphatic heterocycles. The minimum Gasteiger partial charge on any atom is -0.207 e. The summed E-state index contributed by atoms with van der Waals surface area (Å²) in [5, 5.41) is 0.217. The van der Waals surface area contributed by atoms with Crippen molar-refractivity contribution in [2.24, 2.45) is 0 Å². The van der Waals surface area contributed by atoms with Gasteiger partial charge >= 0.3 is 0 Å². The Morgan fingerprint density at radius 3 is 2.20 bits per heavy atom. The van der Waals surface area contributed by atoms with Crippen LogP contribution in [0, 0.1) is 23.3 Å². The molecule has 106 valence electrons. The average molecular weight is 432 g/mol. The van der Waals surface area contributed by atoms with E-state index in [-0.39, 0.29) is 16.1 Å². The third-order valence-corrected chi connectivity index (χ3v) is 4.83. The molecule has 0 heterocycles. The van der Waals surface area contributed by atoms with E-state index >= 15 is 0 Å². The maximum Gasteiger partial charge on any atom is 0.194 e. The molecule has 0 fully saturated rings. The number of alkyl halides is 1. The Kier molecular flexibility index (Phi) is 4.76. The normalized spacial score (nSPS) is 12.6. The Balaban J connectivity index is 2.55. The van der Waals surface area contributed by atoms with Gasteiger partial charge < -0.3 is 0 Å². The van der Waals surface area contributed by atoms with Crippen LogP contribution in [-0.4, -0.2) is 0 Å². The highest BCUT2D eigenvalue weighted by Crippen LogP contribution is 2.38.